The van der Waals surface area contributed by atoms with Crippen LogP contribution in [0.15, 0.2) is 0 Å². The van der Waals surface area contributed by atoms with Gasteiger partial charge in [0.25, 0.3) is 0 Å². The number of halogens is 1. The molecule has 2 unspecified atom stereocenters. The van der Waals surface area contributed by atoms with Crippen LogP contribution in [-0.2, 0) is 9.53 Å². The quantitative estimate of drug-likeness (QED) is 0.788. The van der Waals surface area contributed by atoms with Crippen LogP contribution < -0.4 is 5.73 Å². The third-order valence-corrected chi connectivity index (χ3v) is 4.68. The zero-order valence-corrected chi connectivity index (χ0v) is 13.7. The number of carbonyl (C=O) groups excluding carboxylic acids is 1. The maximum Gasteiger partial charge on any atom is 0.309 e. The van der Waals surface area contributed by atoms with Crippen LogP contribution in [0.4, 0.5) is 0 Å². The van der Waals surface area contributed by atoms with Crippen molar-refractivity contribution in [3.8, 4) is 0 Å². The van der Waals surface area contributed by atoms with Gasteiger partial charge in [0.2, 0.25) is 0 Å². The molecular formula is C16H30ClNO2. The molecule has 1 heterocycles. The van der Waals surface area contributed by atoms with E-state index in [1.807, 2.05) is 0 Å². The van der Waals surface area contributed by atoms with Gasteiger partial charge in [-0.1, -0.05) is 46.0 Å². The molecule has 4 heteroatoms. The van der Waals surface area contributed by atoms with Crippen molar-refractivity contribution in [2.24, 2.45) is 23.5 Å². The molecule has 1 aliphatic heterocycles. The summed E-state index contributed by atoms with van der Waals surface area (Å²) < 4.78 is 5.51. The van der Waals surface area contributed by atoms with Crippen molar-refractivity contribution < 1.29 is 9.53 Å². The Morgan fingerprint density at radius 3 is 2.45 bits per heavy atom. The highest BCUT2D eigenvalue weighted by Crippen LogP contribution is 2.32. The van der Waals surface area contributed by atoms with Crippen LogP contribution in [-0.4, -0.2) is 18.1 Å². The summed E-state index contributed by atoms with van der Waals surface area (Å²) in [5.74, 6) is 1.37. The lowest BCUT2D eigenvalue weighted by Crippen LogP contribution is -2.36. The van der Waals surface area contributed by atoms with Crippen LogP contribution in [0.25, 0.3) is 0 Å². The summed E-state index contributed by atoms with van der Waals surface area (Å²) in [6, 6.07) is 0.0456. The molecule has 1 saturated carbocycles. The maximum atomic E-state index is 11.8. The molecule has 0 spiro atoms. The second-order valence-corrected chi connectivity index (χ2v) is 6.94. The summed E-state index contributed by atoms with van der Waals surface area (Å²) >= 11 is 0. The number of hydrogen-bond donors (Lipinski definition) is 1. The molecular weight excluding hydrogens is 274 g/mol. The van der Waals surface area contributed by atoms with E-state index in [0.29, 0.717) is 5.92 Å². The Labute approximate surface area is 129 Å². The standard InChI is InChI=1S/C16H29NO2.ClH/c1-11(2)8-13-10-15(19-16(13)18)14(17)9-12-6-4-3-5-7-12;/h11-15H,3-10,17H2,1-2H3;1H/t13?,14?,15-;/m0./s1. The average Bonchev–Trinajstić information content (AvgIpc) is 2.71. The second kappa shape index (κ2) is 8.23. The van der Waals surface area contributed by atoms with Crippen molar-refractivity contribution in [2.75, 3.05) is 0 Å². The number of ether oxygens (including phenoxy) is 1. The molecule has 0 bridgehead atoms. The molecule has 2 N–H and O–H groups in total. The monoisotopic (exact) mass is 303 g/mol. The Morgan fingerprint density at radius 1 is 1.20 bits per heavy atom. The van der Waals surface area contributed by atoms with E-state index in [9.17, 15) is 4.79 Å². The Kier molecular flexibility index (Phi) is 7.32. The first kappa shape index (κ1) is 17.8. The summed E-state index contributed by atoms with van der Waals surface area (Å²) in [5.41, 5.74) is 6.29. The van der Waals surface area contributed by atoms with Gasteiger partial charge < -0.3 is 10.5 Å². The number of carbonyl (C=O) groups is 1. The molecule has 3 atom stereocenters. The van der Waals surface area contributed by atoms with E-state index in [-0.39, 0.29) is 36.4 Å². The van der Waals surface area contributed by atoms with Crippen LogP contribution in [0.1, 0.15) is 65.2 Å². The zero-order valence-electron chi connectivity index (χ0n) is 12.8. The number of esters is 1. The number of rotatable bonds is 5. The SMILES string of the molecule is CC(C)CC1C[C@@H](C(N)CC2CCCCC2)OC1=O.Cl. The third-order valence-electron chi connectivity index (χ3n) is 4.68. The summed E-state index contributed by atoms with van der Waals surface area (Å²) in [6.45, 7) is 4.31. The lowest BCUT2D eigenvalue weighted by molar-refractivity contribution is -0.145. The van der Waals surface area contributed by atoms with Crippen molar-refractivity contribution in [3.63, 3.8) is 0 Å². The smallest absolute Gasteiger partial charge is 0.309 e. The predicted molar refractivity (Wildman–Crippen MR) is 83.9 cm³/mol. The molecule has 2 fully saturated rings. The molecule has 0 aromatic carbocycles. The van der Waals surface area contributed by atoms with Gasteiger partial charge in [0.05, 0.1) is 5.92 Å². The fourth-order valence-electron chi connectivity index (χ4n) is 3.65. The molecule has 0 radical (unpaired) electrons. The molecule has 1 aliphatic carbocycles. The topological polar surface area (TPSA) is 52.3 Å². The maximum absolute atomic E-state index is 11.8. The highest BCUT2D eigenvalue weighted by atomic mass is 35.5. The van der Waals surface area contributed by atoms with E-state index in [4.69, 9.17) is 10.5 Å². The van der Waals surface area contributed by atoms with Gasteiger partial charge in [-0.25, -0.2) is 0 Å². The third kappa shape index (κ3) is 4.92. The fourth-order valence-corrected chi connectivity index (χ4v) is 3.65. The lowest BCUT2D eigenvalue weighted by Gasteiger charge is -2.26. The Balaban J connectivity index is 0.00000200. The second-order valence-electron chi connectivity index (χ2n) is 6.94. The van der Waals surface area contributed by atoms with Gasteiger partial charge in [-0.15, -0.1) is 12.4 Å². The average molecular weight is 304 g/mol. The van der Waals surface area contributed by atoms with Crippen molar-refractivity contribution in [3.05, 3.63) is 0 Å². The van der Waals surface area contributed by atoms with Crippen LogP contribution in [0.2, 0.25) is 0 Å². The predicted octanol–water partition coefficient (Wildman–Crippen LogP) is 3.68. The first-order chi connectivity index (χ1) is 9.06. The first-order valence-electron chi connectivity index (χ1n) is 8.02. The largest absolute Gasteiger partial charge is 0.460 e. The molecule has 2 rings (SSSR count). The minimum atomic E-state index is -0.0295. The molecule has 0 aromatic rings. The van der Waals surface area contributed by atoms with Crippen molar-refractivity contribution in [1.82, 2.24) is 0 Å². The number of nitrogens with two attached hydrogens (primary N) is 1. The van der Waals surface area contributed by atoms with Gasteiger partial charge >= 0.3 is 5.97 Å². The van der Waals surface area contributed by atoms with Crippen LogP contribution in [0, 0.1) is 17.8 Å². The van der Waals surface area contributed by atoms with E-state index >= 15 is 0 Å². The van der Waals surface area contributed by atoms with Crippen molar-refractivity contribution in [2.45, 2.75) is 77.4 Å². The van der Waals surface area contributed by atoms with Gasteiger partial charge in [0.1, 0.15) is 6.10 Å². The highest BCUT2D eigenvalue weighted by Gasteiger charge is 2.38. The van der Waals surface area contributed by atoms with E-state index in [2.05, 4.69) is 13.8 Å². The summed E-state index contributed by atoms with van der Waals surface area (Å²) in [6.07, 6.45) is 9.46. The molecule has 118 valence electrons. The number of hydrogen-bond acceptors (Lipinski definition) is 3. The normalized spacial score (nSPS) is 29.1. The zero-order chi connectivity index (χ0) is 13.8. The van der Waals surface area contributed by atoms with E-state index < -0.39 is 0 Å². The minimum Gasteiger partial charge on any atom is -0.460 e. The van der Waals surface area contributed by atoms with Gasteiger partial charge in [0, 0.05) is 6.04 Å². The summed E-state index contributed by atoms with van der Waals surface area (Å²) in [5, 5.41) is 0. The molecule has 0 aromatic heterocycles. The van der Waals surface area contributed by atoms with E-state index in [1.165, 1.54) is 32.1 Å². The summed E-state index contributed by atoms with van der Waals surface area (Å²) in [4.78, 5) is 11.8. The fraction of sp³-hybridized carbons (Fsp3) is 0.938. The minimum absolute atomic E-state index is 0. The van der Waals surface area contributed by atoms with Crippen molar-refractivity contribution in [1.29, 1.82) is 0 Å². The Bertz CT molecular complexity index is 303. The molecule has 1 saturated heterocycles. The van der Waals surface area contributed by atoms with Crippen molar-refractivity contribution >= 4 is 18.4 Å². The highest BCUT2D eigenvalue weighted by molar-refractivity contribution is 5.85. The molecule has 2 aliphatic rings. The van der Waals surface area contributed by atoms with E-state index in [1.54, 1.807) is 0 Å². The first-order valence-corrected chi connectivity index (χ1v) is 8.02. The number of cyclic esters (lactones) is 1. The van der Waals surface area contributed by atoms with Crippen LogP contribution >= 0.6 is 12.4 Å². The molecule has 20 heavy (non-hydrogen) atoms. The van der Waals surface area contributed by atoms with Gasteiger partial charge in [-0.05, 0) is 31.1 Å². The van der Waals surface area contributed by atoms with Crippen LogP contribution in [0.3, 0.4) is 0 Å². The van der Waals surface area contributed by atoms with Gasteiger partial charge in [-0.3, -0.25) is 4.79 Å². The Morgan fingerprint density at radius 2 is 1.85 bits per heavy atom. The van der Waals surface area contributed by atoms with Gasteiger partial charge in [0.15, 0.2) is 0 Å². The summed E-state index contributed by atoms with van der Waals surface area (Å²) in [7, 11) is 0. The van der Waals surface area contributed by atoms with Gasteiger partial charge in [-0.2, -0.15) is 0 Å². The molecule has 0 amide bonds. The van der Waals surface area contributed by atoms with Crippen LogP contribution in [0.5, 0.6) is 0 Å². The molecule has 3 nitrogen and oxygen atoms in total. The van der Waals surface area contributed by atoms with E-state index in [0.717, 1.165) is 25.2 Å². The Hall–Kier alpha value is -0.280. The lowest BCUT2D eigenvalue weighted by atomic mass is 9.83.